The minimum atomic E-state index is -3.15. The lowest BCUT2D eigenvalue weighted by atomic mass is 10.1. The number of urea groups is 1. The minimum Gasteiger partial charge on any atom is -0.486 e. The average Bonchev–Trinajstić information content (AvgIpc) is 2.66. The Labute approximate surface area is 153 Å². The molecule has 2 aliphatic rings. The van der Waals surface area contributed by atoms with Crippen LogP contribution in [0.25, 0.3) is 0 Å². The van der Waals surface area contributed by atoms with Crippen molar-refractivity contribution in [2.45, 2.75) is 31.9 Å². The third-order valence-corrected chi connectivity index (χ3v) is 6.49. The molecule has 1 saturated heterocycles. The summed E-state index contributed by atoms with van der Waals surface area (Å²) in [6, 6.07) is 7.13. The molecule has 0 radical (unpaired) electrons. The summed E-state index contributed by atoms with van der Waals surface area (Å²) in [4.78, 5) is 12.1. The molecule has 2 N–H and O–H groups in total. The zero-order chi connectivity index (χ0) is 18.6. The molecule has 0 aliphatic carbocycles. The maximum Gasteiger partial charge on any atom is 0.315 e. The first-order valence-corrected chi connectivity index (χ1v) is 10.5. The van der Waals surface area contributed by atoms with Gasteiger partial charge in [0.25, 0.3) is 0 Å². The maximum atomic E-state index is 12.1. The first-order chi connectivity index (χ1) is 12.5. The van der Waals surface area contributed by atoms with Crippen molar-refractivity contribution in [2.75, 3.05) is 32.0 Å². The maximum absolute atomic E-state index is 12.1. The largest absolute Gasteiger partial charge is 0.486 e. The molecule has 1 atom stereocenters. The number of para-hydroxylation sites is 2. The van der Waals surface area contributed by atoms with Crippen LogP contribution in [0, 0.1) is 0 Å². The number of nitrogens with zero attached hydrogens (tertiary/aromatic N) is 1. The summed E-state index contributed by atoms with van der Waals surface area (Å²) in [5, 5.41) is 5.70. The van der Waals surface area contributed by atoms with E-state index in [1.807, 2.05) is 24.3 Å². The van der Waals surface area contributed by atoms with E-state index in [2.05, 4.69) is 10.6 Å². The number of fused-ring (bicyclic) bond motifs is 1. The summed E-state index contributed by atoms with van der Waals surface area (Å²) >= 11 is 0. The van der Waals surface area contributed by atoms with Gasteiger partial charge in [-0.15, -0.1) is 0 Å². The second-order valence-electron chi connectivity index (χ2n) is 6.43. The fourth-order valence-corrected chi connectivity index (χ4v) is 4.20. The van der Waals surface area contributed by atoms with E-state index in [4.69, 9.17) is 9.47 Å². The SMILES string of the molecule is CCS(=O)(=O)N1CCC(NC(=O)NC[C@@H]2COc3ccccc3O2)CC1. The van der Waals surface area contributed by atoms with Crippen LogP contribution in [0.15, 0.2) is 24.3 Å². The van der Waals surface area contributed by atoms with Gasteiger partial charge < -0.3 is 20.1 Å². The first kappa shape index (κ1) is 18.8. The van der Waals surface area contributed by atoms with Crippen LogP contribution in [-0.2, 0) is 10.0 Å². The minimum absolute atomic E-state index is 0.0254. The lowest BCUT2D eigenvalue weighted by molar-refractivity contribution is 0.0916. The van der Waals surface area contributed by atoms with E-state index < -0.39 is 10.0 Å². The highest BCUT2D eigenvalue weighted by molar-refractivity contribution is 7.89. The van der Waals surface area contributed by atoms with Crippen molar-refractivity contribution >= 4 is 16.1 Å². The quantitative estimate of drug-likeness (QED) is 0.789. The summed E-state index contributed by atoms with van der Waals surface area (Å²) in [5.41, 5.74) is 0. The van der Waals surface area contributed by atoms with Crippen molar-refractivity contribution in [1.82, 2.24) is 14.9 Å². The van der Waals surface area contributed by atoms with Gasteiger partial charge in [0.15, 0.2) is 17.6 Å². The highest BCUT2D eigenvalue weighted by Gasteiger charge is 2.27. The molecule has 2 heterocycles. The Balaban J connectivity index is 1.39. The van der Waals surface area contributed by atoms with Crippen molar-refractivity contribution in [3.05, 3.63) is 24.3 Å². The van der Waals surface area contributed by atoms with E-state index in [9.17, 15) is 13.2 Å². The van der Waals surface area contributed by atoms with Crippen LogP contribution in [0.2, 0.25) is 0 Å². The fraction of sp³-hybridized carbons (Fsp3) is 0.588. The lowest BCUT2D eigenvalue weighted by Crippen LogP contribution is -2.51. The molecule has 0 spiro atoms. The Bertz CT molecular complexity index is 732. The summed E-state index contributed by atoms with van der Waals surface area (Å²) in [7, 11) is -3.15. The number of nitrogens with one attached hydrogen (secondary N) is 2. The topological polar surface area (TPSA) is 97.0 Å². The third kappa shape index (κ3) is 4.59. The second-order valence-corrected chi connectivity index (χ2v) is 8.68. The van der Waals surface area contributed by atoms with Crippen LogP contribution >= 0.6 is 0 Å². The fourth-order valence-electron chi connectivity index (χ4n) is 3.07. The molecular weight excluding hydrogens is 358 g/mol. The molecular formula is C17H25N3O5S. The number of hydrogen-bond donors (Lipinski definition) is 2. The Morgan fingerprint density at radius 2 is 1.92 bits per heavy atom. The summed E-state index contributed by atoms with van der Waals surface area (Å²) in [5.74, 6) is 1.50. The van der Waals surface area contributed by atoms with Gasteiger partial charge >= 0.3 is 6.03 Å². The van der Waals surface area contributed by atoms with Crippen molar-refractivity contribution in [1.29, 1.82) is 0 Å². The molecule has 1 aromatic rings. The van der Waals surface area contributed by atoms with Crippen LogP contribution < -0.4 is 20.1 Å². The van der Waals surface area contributed by atoms with Crippen molar-refractivity contribution in [3.8, 4) is 11.5 Å². The van der Waals surface area contributed by atoms with Gasteiger partial charge in [0.2, 0.25) is 10.0 Å². The number of carbonyl (C=O) groups excluding carboxylic acids is 1. The Morgan fingerprint density at radius 1 is 1.23 bits per heavy atom. The Hall–Kier alpha value is -2.00. The number of carbonyl (C=O) groups is 1. The zero-order valence-corrected chi connectivity index (χ0v) is 15.6. The van der Waals surface area contributed by atoms with Gasteiger partial charge in [-0.05, 0) is 31.9 Å². The van der Waals surface area contributed by atoms with Crippen LogP contribution in [0.5, 0.6) is 11.5 Å². The van der Waals surface area contributed by atoms with Gasteiger partial charge in [0.05, 0.1) is 12.3 Å². The third-order valence-electron chi connectivity index (χ3n) is 4.61. The molecule has 1 aromatic carbocycles. The molecule has 144 valence electrons. The van der Waals surface area contributed by atoms with E-state index in [1.54, 1.807) is 6.92 Å². The molecule has 1 fully saturated rings. The summed E-state index contributed by atoms with van der Waals surface area (Å²) in [6.45, 7) is 3.24. The molecule has 0 bridgehead atoms. The standard InChI is InChI=1S/C17H25N3O5S/c1-2-26(22,23)20-9-7-13(8-10-20)19-17(21)18-11-14-12-24-15-5-3-4-6-16(15)25-14/h3-6,13-14H,2,7-12H2,1H3,(H2,18,19,21)/t14-/m1/s1. The molecule has 2 amide bonds. The van der Waals surface area contributed by atoms with Crippen molar-refractivity contribution < 1.29 is 22.7 Å². The van der Waals surface area contributed by atoms with Crippen LogP contribution in [-0.4, -0.2) is 62.9 Å². The predicted octanol–water partition coefficient (Wildman–Crippen LogP) is 0.940. The van der Waals surface area contributed by atoms with E-state index in [0.29, 0.717) is 50.6 Å². The lowest BCUT2D eigenvalue weighted by Gasteiger charge is -2.31. The number of rotatable bonds is 5. The number of sulfonamides is 1. The molecule has 0 unspecified atom stereocenters. The second kappa shape index (κ2) is 8.13. The summed E-state index contributed by atoms with van der Waals surface area (Å²) < 4.78 is 36.6. The van der Waals surface area contributed by atoms with Crippen LogP contribution in [0.1, 0.15) is 19.8 Å². The molecule has 26 heavy (non-hydrogen) atoms. The van der Waals surface area contributed by atoms with Gasteiger partial charge in [0, 0.05) is 19.1 Å². The normalized spacial score (nSPS) is 21.2. The van der Waals surface area contributed by atoms with Gasteiger partial charge in [-0.2, -0.15) is 0 Å². The highest BCUT2D eigenvalue weighted by atomic mass is 32.2. The first-order valence-electron chi connectivity index (χ1n) is 8.88. The molecule has 3 rings (SSSR count). The Morgan fingerprint density at radius 3 is 2.62 bits per heavy atom. The van der Waals surface area contributed by atoms with Gasteiger partial charge in [-0.3, -0.25) is 0 Å². The van der Waals surface area contributed by atoms with Crippen molar-refractivity contribution in [3.63, 3.8) is 0 Å². The number of benzene rings is 1. The van der Waals surface area contributed by atoms with Crippen LogP contribution in [0.4, 0.5) is 4.79 Å². The van der Waals surface area contributed by atoms with Crippen LogP contribution in [0.3, 0.4) is 0 Å². The smallest absolute Gasteiger partial charge is 0.315 e. The van der Waals surface area contributed by atoms with E-state index >= 15 is 0 Å². The van der Waals surface area contributed by atoms with Gasteiger partial charge in [-0.25, -0.2) is 17.5 Å². The Kier molecular flexibility index (Phi) is 5.87. The molecule has 0 aromatic heterocycles. The van der Waals surface area contributed by atoms with Gasteiger partial charge in [-0.1, -0.05) is 12.1 Å². The summed E-state index contributed by atoms with van der Waals surface area (Å²) in [6.07, 6.45) is 0.985. The molecule has 0 saturated carbocycles. The molecule has 9 heteroatoms. The predicted molar refractivity (Wildman–Crippen MR) is 96.9 cm³/mol. The van der Waals surface area contributed by atoms with E-state index in [0.717, 1.165) is 0 Å². The molecule has 8 nitrogen and oxygen atoms in total. The number of ether oxygens (including phenoxy) is 2. The van der Waals surface area contributed by atoms with E-state index in [-0.39, 0.29) is 23.9 Å². The monoisotopic (exact) mass is 383 g/mol. The highest BCUT2D eigenvalue weighted by Crippen LogP contribution is 2.30. The zero-order valence-electron chi connectivity index (χ0n) is 14.8. The number of piperidine rings is 1. The van der Waals surface area contributed by atoms with Crippen molar-refractivity contribution in [2.24, 2.45) is 0 Å². The molecule has 2 aliphatic heterocycles. The van der Waals surface area contributed by atoms with Gasteiger partial charge in [0.1, 0.15) is 6.61 Å². The number of hydrogen-bond acceptors (Lipinski definition) is 5. The van der Waals surface area contributed by atoms with E-state index in [1.165, 1.54) is 4.31 Å². The number of amides is 2. The average molecular weight is 383 g/mol.